The van der Waals surface area contributed by atoms with Crippen LogP contribution in [0.4, 0.5) is 9.59 Å². The third kappa shape index (κ3) is 10.5. The maximum Gasteiger partial charge on any atom is 0.508 e. The summed E-state index contributed by atoms with van der Waals surface area (Å²) in [6, 6.07) is 0. The number of unbranched alkanes of at least 4 members (excludes halogenated alkanes) is 3. The molecule has 1 aliphatic carbocycles. The van der Waals surface area contributed by atoms with Crippen molar-refractivity contribution in [3.8, 4) is 0 Å². The van der Waals surface area contributed by atoms with Gasteiger partial charge in [0.05, 0.1) is 12.7 Å². The molecule has 1 aliphatic rings. The number of carbonyl (C=O) groups is 2. The molecule has 0 saturated heterocycles. The lowest BCUT2D eigenvalue weighted by atomic mass is 9.95. The summed E-state index contributed by atoms with van der Waals surface area (Å²) in [6.07, 6.45) is 6.18. The number of rotatable bonds is 10. The molecular formula is C20H36O6. The molecule has 1 rings (SSSR count). The molecule has 0 spiro atoms. The molecule has 1 saturated carbocycles. The van der Waals surface area contributed by atoms with Gasteiger partial charge in [-0.15, -0.1) is 0 Å². The molecule has 0 N–H and O–H groups in total. The first-order chi connectivity index (χ1) is 12.4. The van der Waals surface area contributed by atoms with Crippen molar-refractivity contribution < 1.29 is 28.5 Å². The monoisotopic (exact) mass is 372 g/mol. The highest BCUT2D eigenvalue weighted by Gasteiger charge is 2.32. The van der Waals surface area contributed by atoms with Crippen molar-refractivity contribution in [2.24, 2.45) is 5.92 Å². The molecule has 1 fully saturated rings. The molecular weight excluding hydrogens is 336 g/mol. The summed E-state index contributed by atoms with van der Waals surface area (Å²) >= 11 is 0. The van der Waals surface area contributed by atoms with E-state index in [0.29, 0.717) is 19.4 Å². The minimum atomic E-state index is -0.713. The summed E-state index contributed by atoms with van der Waals surface area (Å²) in [5.74, 6) is 0.740. The maximum absolute atomic E-state index is 11.9. The van der Waals surface area contributed by atoms with Gasteiger partial charge in [0.1, 0.15) is 12.2 Å². The average molecular weight is 373 g/mol. The fourth-order valence-corrected chi connectivity index (χ4v) is 3.00. The van der Waals surface area contributed by atoms with Crippen molar-refractivity contribution in [2.75, 3.05) is 6.61 Å². The van der Waals surface area contributed by atoms with E-state index in [1.807, 2.05) is 0 Å². The van der Waals surface area contributed by atoms with Crippen LogP contribution in [0.2, 0.25) is 0 Å². The summed E-state index contributed by atoms with van der Waals surface area (Å²) in [5.41, 5.74) is 0. The van der Waals surface area contributed by atoms with Crippen molar-refractivity contribution in [3.63, 3.8) is 0 Å². The Morgan fingerprint density at radius 1 is 0.846 bits per heavy atom. The zero-order chi connectivity index (χ0) is 19.4. The Labute approximate surface area is 157 Å². The van der Waals surface area contributed by atoms with Crippen LogP contribution in [0.15, 0.2) is 0 Å². The quantitative estimate of drug-likeness (QED) is 0.366. The van der Waals surface area contributed by atoms with Crippen molar-refractivity contribution in [1.82, 2.24) is 0 Å². The van der Waals surface area contributed by atoms with E-state index in [9.17, 15) is 9.59 Å². The second kappa shape index (κ2) is 12.8. The first-order valence-corrected chi connectivity index (χ1v) is 10.1. The lowest BCUT2D eigenvalue weighted by Gasteiger charge is -2.30. The predicted octanol–water partition coefficient (Wildman–Crippen LogP) is 5.62. The van der Waals surface area contributed by atoms with Gasteiger partial charge < -0.3 is 18.9 Å². The molecule has 2 atom stereocenters. The topological polar surface area (TPSA) is 71.1 Å². The minimum Gasteiger partial charge on any atom is -0.434 e. The lowest BCUT2D eigenvalue weighted by Crippen LogP contribution is -2.38. The summed E-state index contributed by atoms with van der Waals surface area (Å²) in [5, 5.41) is 0. The zero-order valence-corrected chi connectivity index (χ0v) is 16.8. The Balaban J connectivity index is 2.22. The average Bonchev–Trinajstić information content (AvgIpc) is 2.54. The van der Waals surface area contributed by atoms with Crippen LogP contribution in [0.1, 0.15) is 85.5 Å². The van der Waals surface area contributed by atoms with Crippen LogP contribution in [0.25, 0.3) is 0 Å². The standard InChI is InChI=1S/C20H36O6/c1-15(2)11-7-5-6-10-14-23-19(21)25-17-12-8-9-13-18(17)26-20(22)24-16(3)4/h15-18H,5-14H2,1-4H3. The number of hydrogen-bond acceptors (Lipinski definition) is 6. The molecule has 0 amide bonds. The first-order valence-electron chi connectivity index (χ1n) is 10.1. The highest BCUT2D eigenvalue weighted by molar-refractivity contribution is 5.61. The SMILES string of the molecule is CC(C)CCCCCCOC(=O)OC1CCCCC1OC(=O)OC(C)C. The molecule has 0 aliphatic heterocycles. The predicted molar refractivity (Wildman–Crippen MR) is 99.1 cm³/mol. The molecule has 0 aromatic heterocycles. The van der Waals surface area contributed by atoms with Crippen LogP contribution in [0.3, 0.4) is 0 Å². The van der Waals surface area contributed by atoms with Crippen molar-refractivity contribution >= 4 is 12.3 Å². The Hall–Kier alpha value is -1.46. The molecule has 6 nitrogen and oxygen atoms in total. The number of carbonyl (C=O) groups excluding carboxylic acids is 2. The molecule has 152 valence electrons. The van der Waals surface area contributed by atoms with E-state index >= 15 is 0 Å². The van der Waals surface area contributed by atoms with Gasteiger partial charge in [0.2, 0.25) is 0 Å². The molecule has 0 heterocycles. The van der Waals surface area contributed by atoms with Crippen molar-refractivity contribution in [3.05, 3.63) is 0 Å². The van der Waals surface area contributed by atoms with Gasteiger partial charge in [-0.1, -0.05) is 39.5 Å². The number of ether oxygens (including phenoxy) is 4. The van der Waals surface area contributed by atoms with Crippen LogP contribution < -0.4 is 0 Å². The van der Waals surface area contributed by atoms with E-state index in [0.717, 1.165) is 38.0 Å². The largest absolute Gasteiger partial charge is 0.508 e. The van der Waals surface area contributed by atoms with Crippen LogP contribution in [0, 0.1) is 5.92 Å². The van der Waals surface area contributed by atoms with Crippen LogP contribution in [0.5, 0.6) is 0 Å². The van der Waals surface area contributed by atoms with Gasteiger partial charge in [0, 0.05) is 0 Å². The van der Waals surface area contributed by atoms with E-state index in [1.165, 1.54) is 12.8 Å². The molecule has 0 bridgehead atoms. The third-order valence-electron chi connectivity index (χ3n) is 4.36. The van der Waals surface area contributed by atoms with Gasteiger partial charge in [0.25, 0.3) is 0 Å². The highest BCUT2D eigenvalue weighted by Crippen LogP contribution is 2.25. The normalized spacial score (nSPS) is 20.1. The fourth-order valence-electron chi connectivity index (χ4n) is 3.00. The second-order valence-electron chi connectivity index (χ2n) is 7.71. The molecule has 0 aromatic rings. The van der Waals surface area contributed by atoms with E-state index in [1.54, 1.807) is 13.8 Å². The summed E-state index contributed by atoms with van der Waals surface area (Å²) in [4.78, 5) is 23.6. The summed E-state index contributed by atoms with van der Waals surface area (Å²) in [6.45, 7) is 8.34. The molecule has 0 aromatic carbocycles. The Bertz CT molecular complexity index is 407. The van der Waals surface area contributed by atoms with E-state index in [2.05, 4.69) is 13.8 Å². The highest BCUT2D eigenvalue weighted by atomic mass is 16.8. The summed E-state index contributed by atoms with van der Waals surface area (Å²) < 4.78 is 20.8. The van der Waals surface area contributed by atoms with Crippen molar-refractivity contribution in [1.29, 1.82) is 0 Å². The van der Waals surface area contributed by atoms with Gasteiger partial charge in [-0.25, -0.2) is 9.59 Å². The molecule has 26 heavy (non-hydrogen) atoms. The molecule has 6 heteroatoms. The van der Waals surface area contributed by atoms with Gasteiger partial charge in [-0.3, -0.25) is 0 Å². The zero-order valence-electron chi connectivity index (χ0n) is 16.8. The fraction of sp³-hybridized carbons (Fsp3) is 0.900. The second-order valence-corrected chi connectivity index (χ2v) is 7.71. The van der Waals surface area contributed by atoms with E-state index in [4.69, 9.17) is 18.9 Å². The van der Waals surface area contributed by atoms with Gasteiger partial charge in [-0.05, 0) is 51.9 Å². The minimum absolute atomic E-state index is 0.240. The van der Waals surface area contributed by atoms with Crippen LogP contribution in [-0.2, 0) is 18.9 Å². The maximum atomic E-state index is 11.9. The summed E-state index contributed by atoms with van der Waals surface area (Å²) in [7, 11) is 0. The van der Waals surface area contributed by atoms with E-state index < -0.39 is 24.5 Å². The lowest BCUT2D eigenvalue weighted by molar-refractivity contribution is -0.0752. The number of hydrogen-bond donors (Lipinski definition) is 0. The third-order valence-corrected chi connectivity index (χ3v) is 4.36. The van der Waals surface area contributed by atoms with Gasteiger partial charge in [0.15, 0.2) is 0 Å². The first kappa shape index (κ1) is 22.6. The molecule has 2 unspecified atom stereocenters. The molecule has 0 radical (unpaired) electrons. The van der Waals surface area contributed by atoms with Gasteiger partial charge in [-0.2, -0.15) is 0 Å². The Morgan fingerprint density at radius 2 is 1.42 bits per heavy atom. The van der Waals surface area contributed by atoms with E-state index in [-0.39, 0.29) is 6.10 Å². The van der Waals surface area contributed by atoms with Crippen LogP contribution >= 0.6 is 0 Å². The van der Waals surface area contributed by atoms with Crippen molar-refractivity contribution in [2.45, 2.75) is 104 Å². The smallest absolute Gasteiger partial charge is 0.434 e. The Kier molecular flexibility index (Phi) is 11.1. The van der Waals surface area contributed by atoms with Crippen LogP contribution in [-0.4, -0.2) is 37.2 Å². The van der Waals surface area contributed by atoms with Gasteiger partial charge >= 0.3 is 12.3 Å². The Morgan fingerprint density at radius 3 is 2.00 bits per heavy atom.